The highest BCUT2D eigenvalue weighted by atomic mass is 14.7. The third kappa shape index (κ3) is 1.23. The van der Waals surface area contributed by atoms with E-state index in [4.69, 9.17) is 5.73 Å². The summed E-state index contributed by atoms with van der Waals surface area (Å²) in [7, 11) is 0. The smallest absolute Gasteiger partial charge is 0.0462 e. The Morgan fingerprint density at radius 3 is 2.57 bits per heavy atom. The van der Waals surface area contributed by atoms with Crippen LogP contribution in [-0.2, 0) is 6.54 Å². The average Bonchev–Trinajstić information content (AvgIpc) is 2.47. The fourth-order valence-electron chi connectivity index (χ4n) is 2.00. The SMILES string of the molecule is Cc1cc2c(CN)c(C)c(C)cc2[nH]1. The van der Waals surface area contributed by atoms with Crippen molar-refractivity contribution in [1.82, 2.24) is 4.98 Å². The second kappa shape index (κ2) is 3.14. The molecule has 2 aromatic rings. The minimum Gasteiger partial charge on any atom is -0.359 e. The van der Waals surface area contributed by atoms with Gasteiger partial charge in [-0.3, -0.25) is 0 Å². The van der Waals surface area contributed by atoms with Crippen molar-refractivity contribution in [2.45, 2.75) is 27.3 Å². The van der Waals surface area contributed by atoms with Gasteiger partial charge in [0.15, 0.2) is 0 Å². The van der Waals surface area contributed by atoms with Gasteiger partial charge in [0, 0.05) is 23.1 Å². The molecule has 0 aliphatic carbocycles. The van der Waals surface area contributed by atoms with E-state index in [0.29, 0.717) is 6.54 Å². The second-order valence-electron chi connectivity index (χ2n) is 3.91. The highest BCUT2D eigenvalue weighted by molar-refractivity contribution is 5.86. The maximum Gasteiger partial charge on any atom is 0.0462 e. The molecule has 0 unspecified atom stereocenters. The standard InChI is InChI=1S/C12H16N2/c1-7-4-12-10(5-8(2)14-12)11(6-13)9(7)3/h4-5,14H,6,13H2,1-3H3. The lowest BCUT2D eigenvalue weighted by Gasteiger charge is -2.08. The van der Waals surface area contributed by atoms with E-state index in [1.165, 1.54) is 33.3 Å². The molecule has 0 bridgehead atoms. The van der Waals surface area contributed by atoms with Gasteiger partial charge in [0.25, 0.3) is 0 Å². The summed E-state index contributed by atoms with van der Waals surface area (Å²) >= 11 is 0. The molecule has 1 aromatic heterocycles. The summed E-state index contributed by atoms with van der Waals surface area (Å²) in [6, 6.07) is 4.36. The minimum absolute atomic E-state index is 0.612. The lowest BCUT2D eigenvalue weighted by molar-refractivity contribution is 1.06. The van der Waals surface area contributed by atoms with Gasteiger partial charge in [-0.1, -0.05) is 0 Å². The number of H-pyrrole nitrogens is 1. The fraction of sp³-hybridized carbons (Fsp3) is 0.333. The maximum atomic E-state index is 5.78. The van der Waals surface area contributed by atoms with Crippen molar-refractivity contribution in [1.29, 1.82) is 0 Å². The molecular formula is C12H16N2. The molecule has 74 valence electrons. The monoisotopic (exact) mass is 188 g/mol. The van der Waals surface area contributed by atoms with Crippen LogP contribution in [0.5, 0.6) is 0 Å². The minimum atomic E-state index is 0.612. The normalized spacial score (nSPS) is 11.1. The predicted octanol–water partition coefficient (Wildman–Crippen LogP) is 2.55. The molecule has 2 heteroatoms. The van der Waals surface area contributed by atoms with Crippen LogP contribution >= 0.6 is 0 Å². The lowest BCUT2D eigenvalue weighted by Crippen LogP contribution is -2.01. The molecule has 0 atom stereocenters. The summed E-state index contributed by atoms with van der Waals surface area (Å²) in [4.78, 5) is 3.35. The Morgan fingerprint density at radius 2 is 1.93 bits per heavy atom. The van der Waals surface area contributed by atoms with Gasteiger partial charge >= 0.3 is 0 Å². The molecule has 0 saturated carbocycles. The largest absolute Gasteiger partial charge is 0.359 e. The number of nitrogens with two attached hydrogens (primary N) is 1. The van der Waals surface area contributed by atoms with Crippen LogP contribution in [0.25, 0.3) is 10.9 Å². The van der Waals surface area contributed by atoms with Crippen LogP contribution in [-0.4, -0.2) is 4.98 Å². The van der Waals surface area contributed by atoms with Gasteiger partial charge in [0.1, 0.15) is 0 Å². The molecule has 0 spiro atoms. The third-order valence-corrected chi connectivity index (χ3v) is 2.92. The summed E-state index contributed by atoms with van der Waals surface area (Å²) in [5.41, 5.74) is 12.1. The zero-order valence-electron chi connectivity index (χ0n) is 8.94. The summed E-state index contributed by atoms with van der Waals surface area (Å²) in [6.07, 6.45) is 0. The molecule has 3 N–H and O–H groups in total. The summed E-state index contributed by atoms with van der Waals surface area (Å²) in [6.45, 7) is 6.95. The number of aromatic amines is 1. The topological polar surface area (TPSA) is 41.8 Å². The first-order chi connectivity index (χ1) is 6.63. The Balaban J connectivity index is 2.87. The van der Waals surface area contributed by atoms with E-state index >= 15 is 0 Å². The van der Waals surface area contributed by atoms with Gasteiger partial charge in [0.05, 0.1) is 0 Å². The van der Waals surface area contributed by atoms with Crippen molar-refractivity contribution in [2.75, 3.05) is 0 Å². The molecule has 0 amide bonds. The molecular weight excluding hydrogens is 172 g/mol. The summed E-state index contributed by atoms with van der Waals surface area (Å²) in [5.74, 6) is 0. The van der Waals surface area contributed by atoms with E-state index in [-0.39, 0.29) is 0 Å². The van der Waals surface area contributed by atoms with Crippen molar-refractivity contribution in [3.8, 4) is 0 Å². The molecule has 0 aliphatic heterocycles. The Hall–Kier alpha value is -1.28. The number of rotatable bonds is 1. The number of aromatic nitrogens is 1. The molecule has 1 heterocycles. The summed E-state index contributed by atoms with van der Waals surface area (Å²) < 4.78 is 0. The second-order valence-corrected chi connectivity index (χ2v) is 3.91. The van der Waals surface area contributed by atoms with Crippen LogP contribution in [0, 0.1) is 20.8 Å². The first-order valence-corrected chi connectivity index (χ1v) is 4.92. The number of benzene rings is 1. The van der Waals surface area contributed by atoms with E-state index in [1.807, 2.05) is 0 Å². The predicted molar refractivity (Wildman–Crippen MR) is 60.4 cm³/mol. The molecule has 2 rings (SSSR count). The third-order valence-electron chi connectivity index (χ3n) is 2.92. The first kappa shape index (κ1) is 9.28. The number of hydrogen-bond acceptors (Lipinski definition) is 1. The molecule has 14 heavy (non-hydrogen) atoms. The van der Waals surface area contributed by atoms with Gasteiger partial charge < -0.3 is 10.7 Å². The van der Waals surface area contributed by atoms with Crippen LogP contribution < -0.4 is 5.73 Å². The van der Waals surface area contributed by atoms with Crippen molar-refractivity contribution >= 4 is 10.9 Å². The van der Waals surface area contributed by atoms with E-state index in [1.54, 1.807) is 0 Å². The van der Waals surface area contributed by atoms with E-state index in [2.05, 4.69) is 37.9 Å². The first-order valence-electron chi connectivity index (χ1n) is 4.92. The van der Waals surface area contributed by atoms with Crippen LogP contribution in [0.4, 0.5) is 0 Å². The van der Waals surface area contributed by atoms with Gasteiger partial charge in [-0.25, -0.2) is 0 Å². The van der Waals surface area contributed by atoms with Gasteiger partial charge in [-0.05, 0) is 49.6 Å². The van der Waals surface area contributed by atoms with Crippen LogP contribution in [0.1, 0.15) is 22.4 Å². The Bertz CT molecular complexity index is 481. The molecule has 0 fully saturated rings. The quantitative estimate of drug-likeness (QED) is 0.709. The van der Waals surface area contributed by atoms with Crippen molar-refractivity contribution < 1.29 is 0 Å². The maximum absolute atomic E-state index is 5.78. The van der Waals surface area contributed by atoms with Crippen LogP contribution in [0.3, 0.4) is 0 Å². The van der Waals surface area contributed by atoms with Gasteiger partial charge in [-0.2, -0.15) is 0 Å². The molecule has 0 aliphatic rings. The zero-order chi connectivity index (χ0) is 10.3. The number of nitrogens with one attached hydrogen (secondary N) is 1. The molecule has 0 radical (unpaired) electrons. The molecule has 1 aromatic carbocycles. The molecule has 0 saturated heterocycles. The van der Waals surface area contributed by atoms with Gasteiger partial charge in [-0.15, -0.1) is 0 Å². The molecule has 2 nitrogen and oxygen atoms in total. The Labute approximate surface area is 84.1 Å². The van der Waals surface area contributed by atoms with Crippen molar-refractivity contribution in [3.63, 3.8) is 0 Å². The van der Waals surface area contributed by atoms with Crippen LogP contribution in [0.15, 0.2) is 12.1 Å². The van der Waals surface area contributed by atoms with Crippen molar-refractivity contribution in [3.05, 3.63) is 34.5 Å². The number of hydrogen-bond donors (Lipinski definition) is 2. The Kier molecular flexibility index (Phi) is 2.08. The van der Waals surface area contributed by atoms with Crippen LogP contribution in [0.2, 0.25) is 0 Å². The fourth-order valence-corrected chi connectivity index (χ4v) is 2.00. The highest BCUT2D eigenvalue weighted by Crippen LogP contribution is 2.25. The Morgan fingerprint density at radius 1 is 1.21 bits per heavy atom. The van der Waals surface area contributed by atoms with E-state index in [0.717, 1.165) is 0 Å². The average molecular weight is 188 g/mol. The number of fused-ring (bicyclic) bond motifs is 1. The van der Waals surface area contributed by atoms with Gasteiger partial charge in [0.2, 0.25) is 0 Å². The van der Waals surface area contributed by atoms with E-state index < -0.39 is 0 Å². The van der Waals surface area contributed by atoms with Crippen molar-refractivity contribution in [2.24, 2.45) is 5.73 Å². The summed E-state index contributed by atoms with van der Waals surface area (Å²) in [5, 5.41) is 1.27. The number of aryl methyl sites for hydroxylation is 2. The highest BCUT2D eigenvalue weighted by Gasteiger charge is 2.07. The zero-order valence-corrected chi connectivity index (χ0v) is 8.94. The lowest BCUT2D eigenvalue weighted by atomic mass is 9.99. The van der Waals surface area contributed by atoms with E-state index in [9.17, 15) is 0 Å².